The molecule has 0 aliphatic rings. The first kappa shape index (κ1) is 15.5. The minimum Gasteiger partial charge on any atom is -0.496 e. The first-order chi connectivity index (χ1) is 9.51. The smallest absolute Gasteiger partial charge is 0.133 e. The number of ether oxygens (including phenoxy) is 1. The Morgan fingerprint density at radius 1 is 1.15 bits per heavy atom. The van der Waals surface area contributed by atoms with Gasteiger partial charge >= 0.3 is 0 Å². The zero-order chi connectivity index (χ0) is 14.7. The lowest BCUT2D eigenvalue weighted by molar-refractivity contribution is 0.412. The SMILES string of the molecule is COc1ccc(C(C)Nc2ccc(Cl)cc2Cl)cc1Br. The zero-order valence-corrected chi connectivity index (χ0v) is 14.2. The largest absolute Gasteiger partial charge is 0.496 e. The maximum atomic E-state index is 6.16. The van der Waals surface area contributed by atoms with E-state index in [-0.39, 0.29) is 6.04 Å². The highest BCUT2D eigenvalue weighted by Crippen LogP contribution is 2.31. The van der Waals surface area contributed by atoms with Crippen molar-refractivity contribution < 1.29 is 4.74 Å². The molecule has 0 fully saturated rings. The van der Waals surface area contributed by atoms with E-state index in [9.17, 15) is 0 Å². The minimum atomic E-state index is 0.107. The first-order valence-electron chi connectivity index (χ1n) is 6.06. The molecule has 0 spiro atoms. The van der Waals surface area contributed by atoms with Crippen molar-refractivity contribution in [3.63, 3.8) is 0 Å². The van der Waals surface area contributed by atoms with Crippen LogP contribution in [0.1, 0.15) is 18.5 Å². The van der Waals surface area contributed by atoms with Crippen LogP contribution in [-0.2, 0) is 0 Å². The van der Waals surface area contributed by atoms with Crippen molar-refractivity contribution in [3.8, 4) is 5.75 Å². The molecule has 0 bridgehead atoms. The van der Waals surface area contributed by atoms with E-state index >= 15 is 0 Å². The second kappa shape index (κ2) is 6.70. The van der Waals surface area contributed by atoms with Crippen molar-refractivity contribution in [1.29, 1.82) is 0 Å². The second-order valence-electron chi connectivity index (χ2n) is 4.38. The van der Waals surface area contributed by atoms with Gasteiger partial charge in [-0.1, -0.05) is 29.3 Å². The van der Waals surface area contributed by atoms with Gasteiger partial charge in [0.2, 0.25) is 0 Å². The summed E-state index contributed by atoms with van der Waals surface area (Å²) >= 11 is 15.5. The molecule has 1 atom stereocenters. The van der Waals surface area contributed by atoms with E-state index in [2.05, 4.69) is 28.2 Å². The van der Waals surface area contributed by atoms with Gasteiger partial charge in [-0.3, -0.25) is 0 Å². The molecule has 5 heteroatoms. The van der Waals surface area contributed by atoms with Crippen LogP contribution in [0, 0.1) is 0 Å². The number of hydrogen-bond acceptors (Lipinski definition) is 2. The molecule has 0 radical (unpaired) electrons. The quantitative estimate of drug-likeness (QED) is 0.715. The third-order valence-corrected chi connectivity index (χ3v) is 4.15. The van der Waals surface area contributed by atoms with Crippen molar-refractivity contribution in [2.45, 2.75) is 13.0 Å². The highest BCUT2D eigenvalue weighted by atomic mass is 79.9. The summed E-state index contributed by atoms with van der Waals surface area (Å²) in [5.74, 6) is 0.811. The maximum Gasteiger partial charge on any atom is 0.133 e. The summed E-state index contributed by atoms with van der Waals surface area (Å²) in [6.07, 6.45) is 0. The van der Waals surface area contributed by atoms with Crippen molar-refractivity contribution in [2.24, 2.45) is 0 Å². The Morgan fingerprint density at radius 2 is 1.90 bits per heavy atom. The van der Waals surface area contributed by atoms with E-state index in [1.54, 1.807) is 13.2 Å². The predicted octanol–water partition coefficient (Wildman–Crippen LogP) is 5.94. The van der Waals surface area contributed by atoms with Gasteiger partial charge in [-0.05, 0) is 58.7 Å². The molecular weight excluding hydrogens is 361 g/mol. The maximum absolute atomic E-state index is 6.16. The molecule has 0 amide bonds. The van der Waals surface area contributed by atoms with Crippen molar-refractivity contribution >= 4 is 44.8 Å². The molecule has 106 valence electrons. The number of halogens is 3. The fourth-order valence-corrected chi connectivity index (χ4v) is 2.90. The number of anilines is 1. The molecular formula is C15H14BrCl2NO. The molecule has 2 aromatic rings. The zero-order valence-electron chi connectivity index (χ0n) is 11.1. The highest BCUT2D eigenvalue weighted by Gasteiger charge is 2.10. The van der Waals surface area contributed by atoms with Gasteiger partial charge in [-0.25, -0.2) is 0 Å². The minimum absolute atomic E-state index is 0.107. The Hall–Kier alpha value is -0.900. The lowest BCUT2D eigenvalue weighted by Gasteiger charge is -2.18. The molecule has 0 aromatic heterocycles. The third-order valence-electron chi connectivity index (χ3n) is 2.98. The number of hydrogen-bond donors (Lipinski definition) is 1. The van der Waals surface area contributed by atoms with E-state index in [0.717, 1.165) is 21.5 Å². The second-order valence-corrected chi connectivity index (χ2v) is 6.08. The van der Waals surface area contributed by atoms with Crippen LogP contribution in [0.4, 0.5) is 5.69 Å². The van der Waals surface area contributed by atoms with Crippen molar-refractivity contribution in [1.82, 2.24) is 0 Å². The van der Waals surface area contributed by atoms with Crippen LogP contribution < -0.4 is 10.1 Å². The summed E-state index contributed by atoms with van der Waals surface area (Å²) < 4.78 is 6.15. The van der Waals surface area contributed by atoms with Crippen LogP contribution in [0.5, 0.6) is 5.75 Å². The van der Waals surface area contributed by atoms with E-state index in [1.165, 1.54) is 0 Å². The van der Waals surface area contributed by atoms with Crippen LogP contribution in [0.3, 0.4) is 0 Å². The van der Waals surface area contributed by atoms with E-state index in [1.807, 2.05) is 30.3 Å². The normalized spacial score (nSPS) is 12.1. The molecule has 0 saturated carbocycles. The fraction of sp³-hybridized carbons (Fsp3) is 0.200. The summed E-state index contributed by atoms with van der Waals surface area (Å²) in [6, 6.07) is 11.5. The Labute approximate surface area is 137 Å². The molecule has 0 aliphatic heterocycles. The van der Waals surface area contributed by atoms with Crippen molar-refractivity contribution in [2.75, 3.05) is 12.4 Å². The monoisotopic (exact) mass is 373 g/mol. The van der Waals surface area contributed by atoms with Gasteiger partial charge in [0.05, 0.1) is 22.3 Å². The molecule has 20 heavy (non-hydrogen) atoms. The average Bonchev–Trinajstić information content (AvgIpc) is 2.41. The topological polar surface area (TPSA) is 21.3 Å². The average molecular weight is 375 g/mol. The Bertz CT molecular complexity index is 619. The highest BCUT2D eigenvalue weighted by molar-refractivity contribution is 9.10. The Morgan fingerprint density at radius 3 is 2.50 bits per heavy atom. The number of rotatable bonds is 4. The van der Waals surface area contributed by atoms with Gasteiger partial charge < -0.3 is 10.1 Å². The summed E-state index contributed by atoms with van der Waals surface area (Å²) in [4.78, 5) is 0. The Kier molecular flexibility index (Phi) is 5.19. The van der Waals surface area contributed by atoms with E-state index < -0.39 is 0 Å². The Balaban J connectivity index is 2.19. The number of nitrogens with one attached hydrogen (secondary N) is 1. The first-order valence-corrected chi connectivity index (χ1v) is 7.61. The third kappa shape index (κ3) is 3.60. The lowest BCUT2D eigenvalue weighted by Crippen LogP contribution is -2.07. The standard InChI is InChI=1S/C15H14BrCl2NO/c1-9(10-3-6-15(20-2)12(16)7-10)19-14-5-4-11(17)8-13(14)18/h3-9,19H,1-2H3. The van der Waals surface area contributed by atoms with Gasteiger partial charge in [0.15, 0.2) is 0 Å². The summed E-state index contributed by atoms with van der Waals surface area (Å²) in [5.41, 5.74) is 1.99. The van der Waals surface area contributed by atoms with Gasteiger partial charge in [0, 0.05) is 11.1 Å². The van der Waals surface area contributed by atoms with Gasteiger partial charge in [0.1, 0.15) is 5.75 Å². The molecule has 2 aromatic carbocycles. The fourth-order valence-electron chi connectivity index (χ4n) is 1.88. The van der Waals surface area contributed by atoms with Gasteiger partial charge in [-0.2, -0.15) is 0 Å². The summed E-state index contributed by atoms with van der Waals surface area (Å²) in [7, 11) is 1.65. The molecule has 0 aliphatic carbocycles. The summed E-state index contributed by atoms with van der Waals surface area (Å²) in [6.45, 7) is 2.07. The van der Waals surface area contributed by atoms with Crippen LogP contribution in [0.25, 0.3) is 0 Å². The lowest BCUT2D eigenvalue weighted by atomic mass is 10.1. The number of methoxy groups -OCH3 is 1. The molecule has 2 rings (SSSR count). The number of benzene rings is 2. The van der Waals surface area contributed by atoms with E-state index in [0.29, 0.717) is 10.0 Å². The molecule has 1 unspecified atom stereocenters. The van der Waals surface area contributed by atoms with Crippen LogP contribution in [0.2, 0.25) is 10.0 Å². The predicted molar refractivity (Wildman–Crippen MR) is 89.2 cm³/mol. The molecule has 0 heterocycles. The van der Waals surface area contributed by atoms with Crippen LogP contribution in [-0.4, -0.2) is 7.11 Å². The van der Waals surface area contributed by atoms with Gasteiger partial charge in [0.25, 0.3) is 0 Å². The van der Waals surface area contributed by atoms with Crippen molar-refractivity contribution in [3.05, 3.63) is 56.5 Å². The van der Waals surface area contributed by atoms with Gasteiger partial charge in [-0.15, -0.1) is 0 Å². The summed E-state index contributed by atoms with van der Waals surface area (Å²) in [5, 5.41) is 4.60. The molecule has 1 N–H and O–H groups in total. The molecule has 2 nitrogen and oxygen atoms in total. The van der Waals surface area contributed by atoms with Crippen LogP contribution in [0.15, 0.2) is 40.9 Å². The van der Waals surface area contributed by atoms with Crippen LogP contribution >= 0.6 is 39.1 Å². The van der Waals surface area contributed by atoms with E-state index in [4.69, 9.17) is 27.9 Å². The molecule has 0 saturated heterocycles.